The van der Waals surface area contributed by atoms with Crippen LogP contribution in [0.25, 0.3) is 0 Å². The first-order valence-corrected chi connectivity index (χ1v) is 7.98. The Kier molecular flexibility index (Phi) is 3.59. The van der Waals surface area contributed by atoms with Gasteiger partial charge < -0.3 is 0 Å². The summed E-state index contributed by atoms with van der Waals surface area (Å²) < 4.78 is 49.6. The molecule has 0 atom stereocenters. The highest BCUT2D eigenvalue weighted by molar-refractivity contribution is 9.23. The van der Waals surface area contributed by atoms with Crippen molar-refractivity contribution in [3.63, 3.8) is 0 Å². The summed E-state index contributed by atoms with van der Waals surface area (Å²) in [5.74, 6) is -1.14. The Hall–Kier alpha value is 0.186. The monoisotopic (exact) mass is 266 g/mol. The van der Waals surface area contributed by atoms with E-state index in [4.69, 9.17) is 0 Å². The third kappa shape index (κ3) is 2.57. The predicted octanol–water partition coefficient (Wildman–Crippen LogP) is 2.48. The molecule has 6 heteroatoms. The second-order valence-corrected chi connectivity index (χ2v) is 5.12. The summed E-state index contributed by atoms with van der Waals surface area (Å²) in [6, 6.07) is 3.33. The molecule has 0 aromatic heterocycles. The Morgan fingerprint density at radius 3 is 2.31 bits per heavy atom. The van der Waals surface area contributed by atoms with E-state index >= 15 is 0 Å². The Morgan fingerprint density at radius 1 is 1.23 bits per heavy atom. The molecule has 1 aromatic carbocycles. The summed E-state index contributed by atoms with van der Waals surface area (Å²) in [4.78, 5) is 0. The van der Waals surface area contributed by atoms with Crippen LogP contribution < -0.4 is 3.69 Å². The Balaban J connectivity index is 3.24. The minimum Gasteiger partial charge on any atom is -0.296 e. The van der Waals surface area contributed by atoms with Gasteiger partial charge in [-0.2, -0.15) is 13.2 Å². The van der Waals surface area contributed by atoms with Crippen molar-refractivity contribution < 1.29 is 17.6 Å². The SMILES string of the molecule is Fc1[c]([Mg][Br])cccc1C(F)(F)F. The lowest BCUT2D eigenvalue weighted by Crippen LogP contribution is -2.20. The van der Waals surface area contributed by atoms with Gasteiger partial charge in [0.25, 0.3) is 0 Å². The van der Waals surface area contributed by atoms with Gasteiger partial charge in [-0.3, -0.25) is 12.9 Å². The molecule has 0 fully saturated rings. The van der Waals surface area contributed by atoms with Crippen molar-refractivity contribution >= 4 is 34.8 Å². The summed E-state index contributed by atoms with van der Waals surface area (Å²) in [5.41, 5.74) is -1.18. The van der Waals surface area contributed by atoms with Crippen molar-refractivity contribution in [3.8, 4) is 0 Å². The molecule has 0 nitrogen and oxygen atoms in total. The highest BCUT2D eigenvalue weighted by atomic mass is 79.9. The number of benzene rings is 1. The van der Waals surface area contributed by atoms with E-state index in [2.05, 4.69) is 12.9 Å². The second kappa shape index (κ2) is 4.14. The van der Waals surface area contributed by atoms with Crippen molar-refractivity contribution in [1.29, 1.82) is 0 Å². The van der Waals surface area contributed by atoms with Crippen LogP contribution in [0.2, 0.25) is 0 Å². The zero-order chi connectivity index (χ0) is 10.1. The molecule has 0 radical (unpaired) electrons. The van der Waals surface area contributed by atoms with E-state index < -0.39 is 35.7 Å². The van der Waals surface area contributed by atoms with Crippen molar-refractivity contribution in [2.24, 2.45) is 0 Å². The minimum absolute atomic E-state index is 0.148. The zero-order valence-corrected chi connectivity index (χ0v) is 9.33. The predicted molar refractivity (Wildman–Crippen MR) is 45.7 cm³/mol. The fourth-order valence-corrected chi connectivity index (χ4v) is 2.73. The topological polar surface area (TPSA) is 0 Å². The molecule has 68 valence electrons. The van der Waals surface area contributed by atoms with E-state index in [9.17, 15) is 17.6 Å². The van der Waals surface area contributed by atoms with E-state index in [1.807, 2.05) is 0 Å². The van der Waals surface area contributed by atoms with Crippen LogP contribution in [-0.4, -0.2) is 18.2 Å². The van der Waals surface area contributed by atoms with Gasteiger partial charge in [0.05, 0.1) is 5.56 Å². The van der Waals surface area contributed by atoms with Crippen molar-refractivity contribution in [1.82, 2.24) is 0 Å². The molecule has 0 aliphatic heterocycles. The molecular formula is C7H3BrF4Mg. The van der Waals surface area contributed by atoms with Gasteiger partial charge >= 0.3 is 24.4 Å². The lowest BCUT2D eigenvalue weighted by molar-refractivity contribution is -0.139. The Morgan fingerprint density at radius 2 is 1.85 bits per heavy atom. The third-order valence-electron chi connectivity index (χ3n) is 1.53. The van der Waals surface area contributed by atoms with E-state index in [-0.39, 0.29) is 3.69 Å². The molecule has 0 N–H and O–H groups in total. The molecule has 0 aliphatic rings. The largest absolute Gasteiger partial charge is 0.511 e. The number of hydrogen-bond acceptors (Lipinski definition) is 0. The van der Waals surface area contributed by atoms with Gasteiger partial charge in [-0.1, -0.05) is 12.1 Å². The van der Waals surface area contributed by atoms with Gasteiger partial charge in [0, 0.05) is 0 Å². The van der Waals surface area contributed by atoms with Crippen LogP contribution in [0.1, 0.15) is 5.56 Å². The standard InChI is InChI=1S/C7H3F4.BrH.Mg/c8-6-4-2-1-3-5(6)7(9,10)11;;/h1-3H;1H;/q;;+1/p-1. The number of hydrogen-bond donors (Lipinski definition) is 0. The highest BCUT2D eigenvalue weighted by Crippen LogP contribution is 2.30. The van der Waals surface area contributed by atoms with Crippen LogP contribution in [0.4, 0.5) is 17.6 Å². The highest BCUT2D eigenvalue weighted by Gasteiger charge is 2.34. The van der Waals surface area contributed by atoms with Crippen molar-refractivity contribution in [3.05, 3.63) is 29.6 Å². The molecule has 0 amide bonds. The van der Waals surface area contributed by atoms with Crippen LogP contribution in [0.3, 0.4) is 0 Å². The van der Waals surface area contributed by atoms with Gasteiger partial charge in [0.15, 0.2) is 0 Å². The fourth-order valence-electron chi connectivity index (χ4n) is 0.902. The average Bonchev–Trinajstić information content (AvgIpc) is 2.02. The Bertz CT molecular complexity index is 310. The summed E-state index contributed by atoms with van der Waals surface area (Å²) >= 11 is 1.96. The summed E-state index contributed by atoms with van der Waals surface area (Å²) in [6.45, 7) is 0. The molecule has 0 bridgehead atoms. The van der Waals surface area contributed by atoms with Gasteiger partial charge in [-0.25, -0.2) is 4.39 Å². The molecule has 13 heavy (non-hydrogen) atoms. The average molecular weight is 267 g/mol. The number of rotatable bonds is 1. The molecule has 0 spiro atoms. The van der Waals surface area contributed by atoms with Crippen LogP contribution in [0, 0.1) is 5.82 Å². The number of alkyl halides is 3. The lowest BCUT2D eigenvalue weighted by atomic mass is 10.2. The number of halogens is 5. The van der Waals surface area contributed by atoms with E-state index in [0.717, 1.165) is 6.07 Å². The molecule has 0 saturated heterocycles. The van der Waals surface area contributed by atoms with Gasteiger partial charge in [-0.15, -0.1) is 3.69 Å². The smallest absolute Gasteiger partial charge is 0.296 e. The van der Waals surface area contributed by atoms with Crippen LogP contribution in [0.5, 0.6) is 0 Å². The molecular weight excluding hydrogens is 264 g/mol. The van der Waals surface area contributed by atoms with E-state index in [1.54, 1.807) is 0 Å². The lowest BCUT2D eigenvalue weighted by Gasteiger charge is -2.09. The quantitative estimate of drug-likeness (QED) is 0.542. The molecule has 0 heterocycles. The van der Waals surface area contributed by atoms with Crippen LogP contribution >= 0.6 is 12.9 Å². The summed E-state index contributed by atoms with van der Waals surface area (Å²) in [6.07, 6.45) is -4.60. The second-order valence-electron chi connectivity index (χ2n) is 2.41. The van der Waals surface area contributed by atoms with Gasteiger partial charge in [0.2, 0.25) is 0 Å². The van der Waals surface area contributed by atoms with Gasteiger partial charge in [0.1, 0.15) is 5.82 Å². The van der Waals surface area contributed by atoms with E-state index in [0.29, 0.717) is 0 Å². The third-order valence-corrected chi connectivity index (χ3v) is 4.17. The maximum Gasteiger partial charge on any atom is 0.511 e. The minimum atomic E-state index is -4.60. The first-order valence-electron chi connectivity index (χ1n) is 3.37. The molecule has 1 aromatic rings. The summed E-state index contributed by atoms with van der Waals surface area (Å²) in [7, 11) is 0. The first-order chi connectivity index (χ1) is 5.96. The van der Waals surface area contributed by atoms with Gasteiger partial charge in [-0.05, 0) is 6.07 Å². The van der Waals surface area contributed by atoms with E-state index in [1.165, 1.54) is 12.1 Å². The van der Waals surface area contributed by atoms with Crippen molar-refractivity contribution in [2.45, 2.75) is 6.18 Å². The van der Waals surface area contributed by atoms with Crippen molar-refractivity contribution in [2.75, 3.05) is 0 Å². The molecule has 1 rings (SSSR count). The molecule has 0 aliphatic carbocycles. The maximum atomic E-state index is 13.1. The fraction of sp³-hybridized carbons (Fsp3) is 0.143. The normalized spacial score (nSPS) is 11.2. The van der Waals surface area contributed by atoms with Crippen LogP contribution in [0.15, 0.2) is 18.2 Å². The first kappa shape index (κ1) is 11.3. The molecule has 0 unspecified atom stereocenters. The summed E-state index contributed by atoms with van der Waals surface area (Å²) in [5, 5.41) is 0. The zero-order valence-electron chi connectivity index (χ0n) is 6.33. The Labute approximate surface area is 87.9 Å². The maximum absolute atomic E-state index is 13.1. The van der Waals surface area contributed by atoms with Crippen LogP contribution in [-0.2, 0) is 6.18 Å². The molecule has 0 saturated carbocycles.